The summed E-state index contributed by atoms with van der Waals surface area (Å²) in [6.45, 7) is 4.20. The first kappa shape index (κ1) is 19.5. The van der Waals surface area contributed by atoms with Crippen molar-refractivity contribution >= 4 is 35.0 Å². The van der Waals surface area contributed by atoms with Gasteiger partial charge in [-0.15, -0.1) is 11.8 Å². The number of benzene rings is 2. The Morgan fingerprint density at radius 1 is 1.19 bits per heavy atom. The van der Waals surface area contributed by atoms with E-state index in [-0.39, 0.29) is 17.9 Å². The van der Waals surface area contributed by atoms with Crippen LogP contribution >= 0.6 is 11.8 Å². The molecule has 1 unspecified atom stereocenters. The first-order valence-corrected chi connectivity index (χ1v) is 10.0. The Hall–Kier alpha value is -2.31. The molecule has 2 aromatic rings. The molecule has 5 nitrogen and oxygen atoms in total. The van der Waals surface area contributed by atoms with Crippen LogP contribution in [0, 0.1) is 6.92 Å². The molecule has 27 heavy (non-hydrogen) atoms. The molecule has 1 atom stereocenters. The molecule has 2 amide bonds. The summed E-state index contributed by atoms with van der Waals surface area (Å²) in [6.07, 6.45) is 2.47. The van der Waals surface area contributed by atoms with E-state index in [9.17, 15) is 9.59 Å². The van der Waals surface area contributed by atoms with Crippen LogP contribution < -0.4 is 10.6 Å². The van der Waals surface area contributed by atoms with Crippen molar-refractivity contribution in [2.75, 3.05) is 23.0 Å². The Morgan fingerprint density at radius 3 is 2.70 bits per heavy atom. The predicted molar refractivity (Wildman–Crippen MR) is 110 cm³/mol. The standard InChI is InChI=1S/C21H24N2O3S/c1-14-12-16(9-10-19(14)22-15(2)24)23-21(25)18-7-3-4-8-20(18)27-13-17-6-5-11-26-17/h3-4,7-10,12,17H,5-6,11,13H2,1-2H3,(H,22,24)(H,23,25). The van der Waals surface area contributed by atoms with Gasteiger partial charge in [0.05, 0.1) is 11.7 Å². The molecule has 0 saturated carbocycles. The highest BCUT2D eigenvalue weighted by molar-refractivity contribution is 7.99. The van der Waals surface area contributed by atoms with Crippen LogP contribution in [0.3, 0.4) is 0 Å². The Labute approximate surface area is 163 Å². The first-order valence-electron chi connectivity index (χ1n) is 9.06. The number of hydrogen-bond donors (Lipinski definition) is 2. The number of carbonyl (C=O) groups excluding carboxylic acids is 2. The van der Waals surface area contributed by atoms with E-state index in [1.54, 1.807) is 23.9 Å². The lowest BCUT2D eigenvalue weighted by Crippen LogP contribution is -2.14. The van der Waals surface area contributed by atoms with Gasteiger partial charge in [-0.25, -0.2) is 0 Å². The molecule has 0 aliphatic carbocycles. The van der Waals surface area contributed by atoms with Crippen LogP contribution in [0.2, 0.25) is 0 Å². The minimum absolute atomic E-state index is 0.118. The van der Waals surface area contributed by atoms with Crippen molar-refractivity contribution in [2.24, 2.45) is 0 Å². The van der Waals surface area contributed by atoms with Crippen LogP contribution in [0.15, 0.2) is 47.4 Å². The molecule has 1 saturated heterocycles. The molecule has 142 valence electrons. The van der Waals surface area contributed by atoms with Gasteiger partial charge in [-0.05, 0) is 55.7 Å². The van der Waals surface area contributed by atoms with Crippen molar-refractivity contribution in [3.05, 3.63) is 53.6 Å². The molecule has 0 radical (unpaired) electrons. The zero-order chi connectivity index (χ0) is 19.2. The Bertz CT molecular complexity index is 832. The number of hydrogen-bond acceptors (Lipinski definition) is 4. The van der Waals surface area contributed by atoms with E-state index >= 15 is 0 Å². The fourth-order valence-corrected chi connectivity index (χ4v) is 4.13. The van der Waals surface area contributed by atoms with Gasteiger partial charge in [0.15, 0.2) is 0 Å². The van der Waals surface area contributed by atoms with Crippen LogP contribution in [0.1, 0.15) is 35.7 Å². The molecule has 1 heterocycles. The highest BCUT2D eigenvalue weighted by Crippen LogP contribution is 2.28. The van der Waals surface area contributed by atoms with Gasteiger partial charge in [-0.1, -0.05) is 12.1 Å². The van der Waals surface area contributed by atoms with Crippen LogP contribution in [0.4, 0.5) is 11.4 Å². The maximum atomic E-state index is 12.8. The third-order valence-corrected chi connectivity index (χ3v) is 5.58. The van der Waals surface area contributed by atoms with Crippen molar-refractivity contribution in [3.63, 3.8) is 0 Å². The van der Waals surface area contributed by atoms with Crippen molar-refractivity contribution < 1.29 is 14.3 Å². The van der Waals surface area contributed by atoms with Gasteiger partial charge in [0.1, 0.15) is 0 Å². The normalized spacial score (nSPS) is 16.1. The maximum absolute atomic E-state index is 12.8. The molecule has 1 aliphatic heterocycles. The third-order valence-electron chi connectivity index (χ3n) is 4.38. The average Bonchev–Trinajstić information content (AvgIpc) is 3.16. The number of thioether (sulfide) groups is 1. The summed E-state index contributed by atoms with van der Waals surface area (Å²) in [5.41, 5.74) is 2.99. The molecule has 0 aromatic heterocycles. The molecule has 6 heteroatoms. The summed E-state index contributed by atoms with van der Waals surface area (Å²) in [5, 5.41) is 5.72. The van der Waals surface area contributed by atoms with Gasteiger partial charge in [-0.2, -0.15) is 0 Å². The molecule has 1 fully saturated rings. The second-order valence-electron chi connectivity index (χ2n) is 6.61. The quantitative estimate of drug-likeness (QED) is 0.721. The van der Waals surface area contributed by atoms with Crippen LogP contribution in [0.5, 0.6) is 0 Å². The minimum atomic E-state index is -0.142. The Balaban J connectivity index is 1.68. The average molecular weight is 385 g/mol. The summed E-state index contributed by atoms with van der Waals surface area (Å²) in [4.78, 5) is 25.0. The summed E-state index contributed by atoms with van der Waals surface area (Å²) >= 11 is 1.66. The molecular weight excluding hydrogens is 360 g/mol. The number of ether oxygens (including phenoxy) is 1. The number of amides is 2. The second-order valence-corrected chi connectivity index (χ2v) is 7.67. The number of nitrogens with one attached hydrogen (secondary N) is 2. The molecule has 0 bridgehead atoms. The largest absolute Gasteiger partial charge is 0.377 e. The van der Waals surface area contributed by atoms with Gasteiger partial charge in [0, 0.05) is 35.6 Å². The molecular formula is C21H24N2O3S. The summed E-state index contributed by atoms with van der Waals surface area (Å²) in [6, 6.07) is 13.1. The van der Waals surface area contributed by atoms with Gasteiger partial charge in [-0.3, -0.25) is 9.59 Å². The van der Waals surface area contributed by atoms with E-state index in [0.717, 1.165) is 41.3 Å². The summed E-state index contributed by atoms with van der Waals surface area (Å²) < 4.78 is 5.67. The van der Waals surface area contributed by atoms with Gasteiger partial charge < -0.3 is 15.4 Å². The maximum Gasteiger partial charge on any atom is 0.256 e. The fourth-order valence-electron chi connectivity index (χ4n) is 3.01. The van der Waals surface area contributed by atoms with E-state index in [2.05, 4.69) is 10.6 Å². The zero-order valence-electron chi connectivity index (χ0n) is 15.6. The van der Waals surface area contributed by atoms with Crippen LogP contribution in [-0.2, 0) is 9.53 Å². The molecule has 0 spiro atoms. The number of carbonyl (C=O) groups is 2. The van der Waals surface area contributed by atoms with Crippen molar-refractivity contribution in [3.8, 4) is 0 Å². The van der Waals surface area contributed by atoms with Gasteiger partial charge >= 0.3 is 0 Å². The highest BCUT2D eigenvalue weighted by Gasteiger charge is 2.18. The topological polar surface area (TPSA) is 67.4 Å². The molecule has 2 aromatic carbocycles. The molecule has 3 rings (SSSR count). The summed E-state index contributed by atoms with van der Waals surface area (Å²) in [7, 11) is 0. The van der Waals surface area contributed by atoms with Crippen molar-refractivity contribution in [1.29, 1.82) is 0 Å². The second kappa shape index (κ2) is 9.06. The van der Waals surface area contributed by atoms with Crippen LogP contribution in [0.25, 0.3) is 0 Å². The number of rotatable bonds is 6. The Kier molecular flexibility index (Phi) is 6.53. The van der Waals surface area contributed by atoms with E-state index in [1.807, 2.05) is 37.3 Å². The Morgan fingerprint density at radius 2 is 2.00 bits per heavy atom. The van der Waals surface area contributed by atoms with E-state index in [1.165, 1.54) is 6.92 Å². The first-order chi connectivity index (χ1) is 13.0. The van der Waals surface area contributed by atoms with Crippen molar-refractivity contribution in [2.45, 2.75) is 37.7 Å². The number of aryl methyl sites for hydroxylation is 1. The fraction of sp³-hybridized carbons (Fsp3) is 0.333. The molecule has 1 aliphatic rings. The summed E-state index contributed by atoms with van der Waals surface area (Å²) in [5.74, 6) is 0.596. The highest BCUT2D eigenvalue weighted by atomic mass is 32.2. The monoisotopic (exact) mass is 384 g/mol. The van der Waals surface area contributed by atoms with E-state index in [4.69, 9.17) is 4.74 Å². The zero-order valence-corrected chi connectivity index (χ0v) is 16.4. The van der Waals surface area contributed by atoms with Crippen LogP contribution in [-0.4, -0.2) is 30.3 Å². The lowest BCUT2D eigenvalue weighted by atomic mass is 10.1. The smallest absolute Gasteiger partial charge is 0.256 e. The minimum Gasteiger partial charge on any atom is -0.377 e. The molecule has 2 N–H and O–H groups in total. The number of anilines is 2. The predicted octanol–water partition coefficient (Wildman–Crippen LogP) is 4.48. The third kappa shape index (κ3) is 5.34. The lowest BCUT2D eigenvalue weighted by Gasteiger charge is -2.13. The lowest BCUT2D eigenvalue weighted by molar-refractivity contribution is -0.114. The van der Waals surface area contributed by atoms with Crippen molar-refractivity contribution in [1.82, 2.24) is 0 Å². The van der Waals surface area contributed by atoms with E-state index in [0.29, 0.717) is 11.3 Å². The SMILES string of the molecule is CC(=O)Nc1ccc(NC(=O)c2ccccc2SCC2CCCO2)cc1C. The van der Waals surface area contributed by atoms with Gasteiger partial charge in [0.25, 0.3) is 5.91 Å². The van der Waals surface area contributed by atoms with E-state index < -0.39 is 0 Å². The van der Waals surface area contributed by atoms with Gasteiger partial charge in [0.2, 0.25) is 5.91 Å².